The highest BCUT2D eigenvalue weighted by Gasteiger charge is 2.17. The van der Waals surface area contributed by atoms with E-state index in [2.05, 4.69) is 25.5 Å². The van der Waals surface area contributed by atoms with E-state index in [1.54, 1.807) is 18.5 Å². The lowest BCUT2D eigenvalue weighted by Crippen LogP contribution is -2.26. The third-order valence-corrected chi connectivity index (χ3v) is 3.99. The first kappa shape index (κ1) is 17.8. The van der Waals surface area contributed by atoms with Gasteiger partial charge in [0.25, 0.3) is 0 Å². The highest BCUT2D eigenvalue weighted by Crippen LogP contribution is 2.17. The van der Waals surface area contributed by atoms with Crippen molar-refractivity contribution < 1.29 is 9.32 Å². The number of aromatic nitrogens is 5. The zero-order valence-corrected chi connectivity index (χ0v) is 15.1. The first-order valence-electron chi connectivity index (χ1n) is 8.57. The molecule has 26 heavy (non-hydrogen) atoms. The van der Waals surface area contributed by atoms with Crippen LogP contribution in [-0.2, 0) is 11.3 Å². The van der Waals surface area contributed by atoms with Crippen molar-refractivity contribution in [3.63, 3.8) is 0 Å². The summed E-state index contributed by atoms with van der Waals surface area (Å²) in [5, 5.41) is 11.2. The van der Waals surface area contributed by atoms with Crippen molar-refractivity contribution in [2.75, 3.05) is 0 Å². The van der Waals surface area contributed by atoms with Crippen LogP contribution >= 0.6 is 0 Å². The molecule has 0 saturated heterocycles. The summed E-state index contributed by atoms with van der Waals surface area (Å²) in [4.78, 5) is 20.5. The molecular weight excluding hydrogens is 332 g/mol. The van der Waals surface area contributed by atoms with Crippen LogP contribution in [0.3, 0.4) is 0 Å². The summed E-state index contributed by atoms with van der Waals surface area (Å²) >= 11 is 0. The zero-order valence-electron chi connectivity index (χ0n) is 15.1. The standard InChI is InChI=1S/C18H22N6O2/c1-12-10-13(2)24(22-12)9-5-7-16(25)20-14(3)18-21-17(23-26-18)15-6-4-8-19-11-15/h4,6,8,10-11,14H,5,7,9H2,1-3H3,(H,20,25). The Morgan fingerprint density at radius 3 is 2.92 bits per heavy atom. The Balaban J connectivity index is 1.50. The summed E-state index contributed by atoms with van der Waals surface area (Å²) in [6, 6.07) is 5.33. The van der Waals surface area contributed by atoms with Crippen molar-refractivity contribution in [2.24, 2.45) is 0 Å². The minimum atomic E-state index is -0.353. The molecule has 0 fully saturated rings. The van der Waals surface area contributed by atoms with Gasteiger partial charge in [-0.05, 0) is 45.4 Å². The average Bonchev–Trinajstić information content (AvgIpc) is 3.23. The van der Waals surface area contributed by atoms with Crippen LogP contribution < -0.4 is 5.32 Å². The van der Waals surface area contributed by atoms with Crippen LogP contribution in [0.4, 0.5) is 0 Å². The molecule has 1 unspecified atom stereocenters. The molecule has 1 amide bonds. The summed E-state index contributed by atoms with van der Waals surface area (Å²) in [5.41, 5.74) is 2.86. The molecule has 0 aliphatic carbocycles. The number of hydrogen-bond acceptors (Lipinski definition) is 6. The van der Waals surface area contributed by atoms with E-state index in [4.69, 9.17) is 4.52 Å². The van der Waals surface area contributed by atoms with Gasteiger partial charge in [-0.1, -0.05) is 5.16 Å². The molecule has 0 aliphatic heterocycles. The summed E-state index contributed by atoms with van der Waals surface area (Å²) in [5.74, 6) is 0.773. The third kappa shape index (κ3) is 4.33. The maximum absolute atomic E-state index is 12.1. The molecule has 3 rings (SSSR count). The van der Waals surface area contributed by atoms with Crippen molar-refractivity contribution in [3.05, 3.63) is 47.9 Å². The van der Waals surface area contributed by atoms with Crippen molar-refractivity contribution >= 4 is 5.91 Å². The Labute approximate surface area is 151 Å². The topological polar surface area (TPSA) is 98.7 Å². The molecule has 0 bridgehead atoms. The van der Waals surface area contributed by atoms with Crippen LogP contribution in [0.2, 0.25) is 0 Å². The Morgan fingerprint density at radius 1 is 1.38 bits per heavy atom. The number of pyridine rings is 1. The van der Waals surface area contributed by atoms with Crippen LogP contribution in [0.15, 0.2) is 35.1 Å². The minimum Gasteiger partial charge on any atom is -0.345 e. The number of nitrogens with one attached hydrogen (secondary N) is 1. The molecular formula is C18H22N6O2. The van der Waals surface area contributed by atoms with Crippen LogP contribution in [0.1, 0.15) is 43.1 Å². The fourth-order valence-corrected chi connectivity index (χ4v) is 2.69. The SMILES string of the molecule is Cc1cc(C)n(CCCC(=O)NC(C)c2nc(-c3cccnc3)no2)n1. The number of nitrogens with zero attached hydrogens (tertiary/aromatic N) is 5. The second-order valence-electron chi connectivity index (χ2n) is 6.24. The number of hydrogen-bond donors (Lipinski definition) is 1. The van der Waals surface area contributed by atoms with Gasteiger partial charge in [-0.15, -0.1) is 0 Å². The van der Waals surface area contributed by atoms with Gasteiger partial charge in [-0.2, -0.15) is 10.1 Å². The monoisotopic (exact) mass is 354 g/mol. The second-order valence-corrected chi connectivity index (χ2v) is 6.24. The number of rotatable bonds is 7. The smallest absolute Gasteiger partial charge is 0.249 e. The van der Waals surface area contributed by atoms with Crippen LogP contribution in [0.25, 0.3) is 11.4 Å². The van der Waals surface area contributed by atoms with Gasteiger partial charge in [0.05, 0.1) is 5.69 Å². The molecule has 1 N–H and O–H groups in total. The lowest BCUT2D eigenvalue weighted by Gasteiger charge is -2.10. The van der Waals surface area contributed by atoms with E-state index >= 15 is 0 Å². The van der Waals surface area contributed by atoms with Gasteiger partial charge in [0.1, 0.15) is 6.04 Å². The maximum atomic E-state index is 12.1. The van der Waals surface area contributed by atoms with Crippen molar-refractivity contribution in [3.8, 4) is 11.4 Å². The molecule has 136 valence electrons. The zero-order chi connectivity index (χ0) is 18.5. The van der Waals surface area contributed by atoms with E-state index in [-0.39, 0.29) is 11.9 Å². The fraction of sp³-hybridized carbons (Fsp3) is 0.389. The molecule has 8 heteroatoms. The van der Waals surface area contributed by atoms with E-state index in [1.165, 1.54) is 0 Å². The van der Waals surface area contributed by atoms with Crippen molar-refractivity contribution in [1.82, 2.24) is 30.2 Å². The van der Waals surface area contributed by atoms with Gasteiger partial charge < -0.3 is 9.84 Å². The maximum Gasteiger partial charge on any atom is 0.249 e. The molecule has 1 atom stereocenters. The van der Waals surface area contributed by atoms with Crippen molar-refractivity contribution in [1.29, 1.82) is 0 Å². The predicted octanol–water partition coefficient (Wildman–Crippen LogP) is 2.60. The van der Waals surface area contributed by atoms with Gasteiger partial charge in [-0.3, -0.25) is 14.5 Å². The first-order valence-corrected chi connectivity index (χ1v) is 8.57. The fourth-order valence-electron chi connectivity index (χ4n) is 2.69. The van der Waals surface area contributed by atoms with E-state index in [1.807, 2.05) is 37.6 Å². The molecule has 0 aliphatic rings. The number of aryl methyl sites for hydroxylation is 3. The van der Waals surface area contributed by atoms with Crippen LogP contribution in [0.5, 0.6) is 0 Å². The quantitative estimate of drug-likeness (QED) is 0.700. The van der Waals surface area contributed by atoms with E-state index in [0.717, 1.165) is 17.0 Å². The molecule has 8 nitrogen and oxygen atoms in total. The molecule has 0 saturated carbocycles. The number of carbonyl (C=O) groups is 1. The molecule has 0 radical (unpaired) electrons. The average molecular weight is 354 g/mol. The Hall–Kier alpha value is -3.03. The van der Waals surface area contributed by atoms with Gasteiger partial charge in [0, 0.05) is 36.6 Å². The minimum absolute atomic E-state index is 0.0554. The highest BCUT2D eigenvalue weighted by atomic mass is 16.5. The molecule has 3 aromatic heterocycles. The van der Waals surface area contributed by atoms with Gasteiger partial charge in [-0.25, -0.2) is 0 Å². The van der Waals surface area contributed by atoms with Crippen LogP contribution in [0, 0.1) is 13.8 Å². The Bertz CT molecular complexity index is 871. The molecule has 0 spiro atoms. The van der Waals surface area contributed by atoms with Crippen LogP contribution in [-0.4, -0.2) is 30.8 Å². The lowest BCUT2D eigenvalue weighted by molar-refractivity contribution is -0.122. The van der Waals surface area contributed by atoms with E-state index in [9.17, 15) is 4.79 Å². The summed E-state index contributed by atoms with van der Waals surface area (Å²) < 4.78 is 7.18. The third-order valence-electron chi connectivity index (χ3n) is 3.99. The molecule has 0 aromatic carbocycles. The van der Waals surface area contributed by atoms with E-state index in [0.29, 0.717) is 31.1 Å². The largest absolute Gasteiger partial charge is 0.345 e. The lowest BCUT2D eigenvalue weighted by atomic mass is 10.2. The normalized spacial score (nSPS) is 12.1. The van der Waals surface area contributed by atoms with E-state index < -0.39 is 0 Å². The first-order chi connectivity index (χ1) is 12.5. The number of amides is 1. The van der Waals surface area contributed by atoms with Gasteiger partial charge in [0.2, 0.25) is 17.6 Å². The number of carbonyl (C=O) groups excluding carboxylic acids is 1. The van der Waals surface area contributed by atoms with Crippen molar-refractivity contribution in [2.45, 2.75) is 46.2 Å². The van der Waals surface area contributed by atoms with Gasteiger partial charge in [0.15, 0.2) is 0 Å². The van der Waals surface area contributed by atoms with Gasteiger partial charge >= 0.3 is 0 Å². The summed E-state index contributed by atoms with van der Waals surface area (Å²) in [7, 11) is 0. The second kappa shape index (κ2) is 7.90. The molecule has 3 heterocycles. The predicted molar refractivity (Wildman–Crippen MR) is 95.0 cm³/mol. The molecule has 3 aromatic rings. The summed E-state index contributed by atoms with van der Waals surface area (Å²) in [6.45, 7) is 6.51. The Kier molecular flexibility index (Phi) is 5.40. The Morgan fingerprint density at radius 2 is 2.23 bits per heavy atom. The summed E-state index contributed by atoms with van der Waals surface area (Å²) in [6.07, 6.45) is 4.47. The highest BCUT2D eigenvalue weighted by molar-refractivity contribution is 5.76.